The molecule has 0 bridgehead atoms. The quantitative estimate of drug-likeness (QED) is 0.211. The predicted octanol–water partition coefficient (Wildman–Crippen LogP) is 7.50. The summed E-state index contributed by atoms with van der Waals surface area (Å²) in [5, 5.41) is 22.0. The fourth-order valence-electron chi connectivity index (χ4n) is 2.89. The number of rotatable bonds is 6. The highest BCUT2D eigenvalue weighted by Crippen LogP contribution is 2.50. The van der Waals surface area contributed by atoms with Crippen LogP contribution in [0.4, 0.5) is 49.1 Å². The van der Waals surface area contributed by atoms with Crippen molar-refractivity contribution in [3.8, 4) is 0 Å². The highest BCUT2D eigenvalue weighted by Gasteiger charge is 2.42. The van der Waals surface area contributed by atoms with Crippen molar-refractivity contribution in [2.24, 2.45) is 0 Å². The molecule has 0 heterocycles. The molecule has 0 atom stereocenters. The van der Waals surface area contributed by atoms with E-state index < -0.39 is 61.1 Å². The Morgan fingerprint density at radius 1 is 0.969 bits per heavy atom. The van der Waals surface area contributed by atoms with Crippen LogP contribution in [-0.2, 0) is 12.4 Å². The van der Waals surface area contributed by atoms with Crippen molar-refractivity contribution in [3.05, 3.63) is 65.1 Å². The number of benzene rings is 2. The summed E-state index contributed by atoms with van der Waals surface area (Å²) < 4.78 is 80.2. The number of alkyl halides is 6. The minimum atomic E-state index is -5.27. The first-order valence-corrected chi connectivity index (χ1v) is 9.64. The maximum absolute atomic E-state index is 13.8. The van der Waals surface area contributed by atoms with Crippen LogP contribution >= 0.6 is 27.5 Å². The van der Waals surface area contributed by atoms with Crippen LogP contribution < -0.4 is 4.90 Å². The molecule has 0 saturated heterocycles. The van der Waals surface area contributed by atoms with Crippen molar-refractivity contribution in [1.82, 2.24) is 0 Å². The van der Waals surface area contributed by atoms with Gasteiger partial charge < -0.3 is 4.90 Å². The zero-order valence-electron chi connectivity index (χ0n) is 15.7. The van der Waals surface area contributed by atoms with E-state index in [9.17, 15) is 46.6 Å². The molecule has 0 aliphatic rings. The first-order valence-electron chi connectivity index (χ1n) is 8.47. The molecule has 174 valence electrons. The molecule has 0 unspecified atom stereocenters. The molecule has 0 amide bonds. The van der Waals surface area contributed by atoms with Crippen LogP contribution in [0.5, 0.6) is 0 Å². The van der Waals surface area contributed by atoms with Crippen molar-refractivity contribution in [2.75, 3.05) is 11.4 Å². The van der Waals surface area contributed by atoms with Crippen molar-refractivity contribution in [1.29, 1.82) is 0 Å². The van der Waals surface area contributed by atoms with E-state index in [1.165, 1.54) is 6.92 Å². The second-order valence-corrected chi connectivity index (χ2v) is 7.57. The number of non-ortho nitro benzene ring substituents is 1. The van der Waals surface area contributed by atoms with Gasteiger partial charge in [-0.1, -0.05) is 18.5 Å². The predicted molar refractivity (Wildman–Crippen MR) is 106 cm³/mol. The van der Waals surface area contributed by atoms with E-state index in [0.29, 0.717) is 18.2 Å². The average Bonchev–Trinajstić information content (AvgIpc) is 2.64. The fraction of sp³-hybridized carbons (Fsp3) is 0.294. The Balaban J connectivity index is 2.96. The van der Waals surface area contributed by atoms with Gasteiger partial charge in [0, 0.05) is 17.1 Å². The molecule has 32 heavy (non-hydrogen) atoms. The van der Waals surface area contributed by atoms with E-state index >= 15 is 0 Å². The zero-order chi connectivity index (χ0) is 24.6. The third-order valence-electron chi connectivity index (χ3n) is 4.12. The highest BCUT2D eigenvalue weighted by molar-refractivity contribution is 9.10. The third kappa shape index (κ3) is 5.23. The molecule has 2 aromatic rings. The molecular formula is C17H11BrClF6N3O4. The number of nitrogens with zero attached hydrogens (tertiary/aromatic N) is 3. The summed E-state index contributed by atoms with van der Waals surface area (Å²) in [6.07, 6.45) is -10.0. The van der Waals surface area contributed by atoms with Gasteiger partial charge in [-0.05, 0) is 34.5 Å². The zero-order valence-corrected chi connectivity index (χ0v) is 18.1. The lowest BCUT2D eigenvalue weighted by Crippen LogP contribution is -2.24. The van der Waals surface area contributed by atoms with E-state index in [-0.39, 0.29) is 23.5 Å². The minimum Gasteiger partial charge on any atom is -0.333 e. The summed E-state index contributed by atoms with van der Waals surface area (Å²) in [5.74, 6) is 0. The topological polar surface area (TPSA) is 89.5 Å². The van der Waals surface area contributed by atoms with E-state index in [1.54, 1.807) is 0 Å². The second-order valence-electron chi connectivity index (χ2n) is 6.31. The van der Waals surface area contributed by atoms with E-state index in [1.807, 2.05) is 0 Å². The van der Waals surface area contributed by atoms with Gasteiger partial charge in [0.2, 0.25) is 0 Å². The lowest BCUT2D eigenvalue weighted by molar-refractivity contribution is -0.394. The summed E-state index contributed by atoms with van der Waals surface area (Å²) in [6, 6.07) is 1.50. The van der Waals surface area contributed by atoms with Crippen LogP contribution in [-0.4, -0.2) is 16.4 Å². The number of hydrogen-bond donors (Lipinski definition) is 0. The molecule has 0 radical (unpaired) electrons. The van der Waals surface area contributed by atoms with Crippen LogP contribution in [0.1, 0.15) is 24.5 Å². The van der Waals surface area contributed by atoms with Gasteiger partial charge in [0.1, 0.15) is 5.69 Å². The van der Waals surface area contributed by atoms with Crippen LogP contribution in [0.2, 0.25) is 5.02 Å². The van der Waals surface area contributed by atoms with Gasteiger partial charge in [0.25, 0.3) is 11.4 Å². The number of anilines is 2. The summed E-state index contributed by atoms with van der Waals surface area (Å²) >= 11 is 8.82. The van der Waals surface area contributed by atoms with Gasteiger partial charge in [-0.3, -0.25) is 20.2 Å². The Morgan fingerprint density at radius 3 is 1.97 bits per heavy atom. The second kappa shape index (κ2) is 9.10. The largest absolute Gasteiger partial charge is 0.418 e. The van der Waals surface area contributed by atoms with Crippen molar-refractivity contribution in [3.63, 3.8) is 0 Å². The molecule has 2 aromatic carbocycles. The molecule has 7 nitrogen and oxygen atoms in total. The maximum atomic E-state index is 13.8. The maximum Gasteiger partial charge on any atom is 0.418 e. The van der Waals surface area contributed by atoms with Crippen molar-refractivity contribution >= 4 is 50.3 Å². The number of nitro benzene ring substituents is 2. The summed E-state index contributed by atoms with van der Waals surface area (Å²) in [7, 11) is 0. The van der Waals surface area contributed by atoms with Crippen molar-refractivity contribution in [2.45, 2.75) is 25.7 Å². The molecule has 0 saturated carbocycles. The number of hydrogen-bond acceptors (Lipinski definition) is 5. The number of halogens is 8. The Morgan fingerprint density at radius 2 is 1.56 bits per heavy atom. The third-order valence-corrected chi connectivity index (χ3v) is 5.01. The molecule has 0 aliphatic heterocycles. The smallest absolute Gasteiger partial charge is 0.333 e. The molecule has 0 aromatic heterocycles. The van der Waals surface area contributed by atoms with Crippen molar-refractivity contribution < 1.29 is 36.2 Å². The van der Waals surface area contributed by atoms with Crippen LogP contribution in [0.25, 0.3) is 0 Å². The molecule has 2 rings (SSSR count). The van der Waals surface area contributed by atoms with Gasteiger partial charge in [0.15, 0.2) is 0 Å². The van der Waals surface area contributed by atoms with Crippen LogP contribution in [0, 0.1) is 20.2 Å². The SMILES string of the molecule is CCCN(c1c(Cl)cc(C(F)(F)F)cc1Br)c1c([N+](=O)[O-])cc([N+](=O)[O-])cc1C(F)(F)F. The normalized spacial score (nSPS) is 12.0. The minimum absolute atomic E-state index is 0.0925. The van der Waals surface area contributed by atoms with Gasteiger partial charge in [0.05, 0.1) is 37.7 Å². The molecule has 15 heteroatoms. The van der Waals surface area contributed by atoms with Gasteiger partial charge in [-0.25, -0.2) is 0 Å². The Kier molecular flexibility index (Phi) is 7.29. The summed E-state index contributed by atoms with van der Waals surface area (Å²) in [6.45, 7) is 1.16. The van der Waals surface area contributed by atoms with Gasteiger partial charge in [-0.15, -0.1) is 0 Å². The summed E-state index contributed by atoms with van der Waals surface area (Å²) in [4.78, 5) is 20.9. The lowest BCUT2D eigenvalue weighted by Gasteiger charge is -2.29. The molecule has 0 aliphatic carbocycles. The Bertz CT molecular complexity index is 1050. The van der Waals surface area contributed by atoms with Gasteiger partial charge in [-0.2, -0.15) is 26.3 Å². The van der Waals surface area contributed by atoms with Crippen LogP contribution in [0.3, 0.4) is 0 Å². The van der Waals surface area contributed by atoms with Crippen LogP contribution in [0.15, 0.2) is 28.7 Å². The first kappa shape index (κ1) is 25.6. The lowest BCUT2D eigenvalue weighted by atomic mass is 10.1. The van der Waals surface area contributed by atoms with Gasteiger partial charge >= 0.3 is 12.4 Å². The summed E-state index contributed by atoms with van der Waals surface area (Å²) in [5.41, 5.74) is -6.84. The van der Waals surface area contributed by atoms with E-state index in [2.05, 4.69) is 15.9 Å². The Labute approximate surface area is 189 Å². The average molecular weight is 551 g/mol. The first-order chi connectivity index (χ1) is 14.6. The molecule has 0 spiro atoms. The molecular weight excluding hydrogens is 540 g/mol. The number of nitro groups is 2. The van der Waals surface area contributed by atoms with E-state index in [0.717, 1.165) is 4.90 Å². The molecule has 0 fully saturated rings. The fourth-order valence-corrected chi connectivity index (χ4v) is 4.00. The highest BCUT2D eigenvalue weighted by atomic mass is 79.9. The Hall–Kier alpha value is -2.61. The monoisotopic (exact) mass is 549 g/mol. The van der Waals surface area contributed by atoms with E-state index in [4.69, 9.17) is 11.6 Å². The standard InChI is InChI=1S/C17H11BrClF6N3O4/c1-2-3-26(15-11(18)4-8(5-12(15)19)16(20,21)22)14-10(17(23,24)25)6-9(27(29)30)7-13(14)28(31)32/h4-7H,2-3H2,1H3. The molecule has 0 N–H and O–H groups in total.